The number of aromatic nitrogens is 1. The Balaban J connectivity index is 1.67. The van der Waals surface area contributed by atoms with E-state index in [9.17, 15) is 4.79 Å². The number of ether oxygens (including phenoxy) is 1. The average Bonchev–Trinajstić information content (AvgIpc) is 3.30. The molecule has 1 aromatic rings. The van der Waals surface area contributed by atoms with Crippen LogP contribution in [-0.2, 0) is 4.74 Å². The second kappa shape index (κ2) is 6.43. The van der Waals surface area contributed by atoms with E-state index in [1.165, 1.54) is 0 Å². The van der Waals surface area contributed by atoms with Crippen molar-refractivity contribution < 1.29 is 9.53 Å². The molecule has 0 radical (unpaired) electrons. The maximum atomic E-state index is 12.2. The van der Waals surface area contributed by atoms with Crippen LogP contribution in [-0.4, -0.2) is 34.7 Å². The molecule has 0 bridgehead atoms. The van der Waals surface area contributed by atoms with Crippen molar-refractivity contribution >= 4 is 23.4 Å². The van der Waals surface area contributed by atoms with Gasteiger partial charge in [0.15, 0.2) is 0 Å². The highest BCUT2D eigenvalue weighted by Gasteiger charge is 2.32. The minimum atomic E-state index is -0.463. The predicted octanol–water partition coefficient (Wildman–Crippen LogP) is 4.31. The van der Waals surface area contributed by atoms with E-state index in [0.717, 1.165) is 37.1 Å². The molecular weight excluding hydrogens is 326 g/mol. The van der Waals surface area contributed by atoms with Crippen molar-refractivity contribution in [3.05, 3.63) is 22.5 Å². The van der Waals surface area contributed by atoms with Crippen molar-refractivity contribution in [3.8, 4) is 0 Å². The minimum Gasteiger partial charge on any atom is -0.444 e. The molecule has 132 valence electrons. The van der Waals surface area contributed by atoms with Crippen molar-refractivity contribution in [3.63, 3.8) is 0 Å². The Morgan fingerprint density at radius 1 is 1.21 bits per heavy atom. The largest absolute Gasteiger partial charge is 0.444 e. The molecule has 0 spiro atoms. The molecule has 2 heterocycles. The number of likely N-dealkylation sites (tertiary alicyclic amines) is 1. The first kappa shape index (κ1) is 17.3. The molecule has 1 aromatic heterocycles. The lowest BCUT2D eigenvalue weighted by Gasteiger charge is -2.33. The molecule has 0 atom stereocenters. The summed E-state index contributed by atoms with van der Waals surface area (Å²) in [7, 11) is 0. The molecule has 1 amide bonds. The summed E-state index contributed by atoms with van der Waals surface area (Å²) in [5.41, 5.74) is 8.32. The first-order valence-electron chi connectivity index (χ1n) is 8.68. The fourth-order valence-corrected chi connectivity index (χ4v) is 3.48. The van der Waals surface area contributed by atoms with E-state index in [4.69, 9.17) is 27.1 Å². The number of halogens is 1. The van der Waals surface area contributed by atoms with Gasteiger partial charge in [0, 0.05) is 24.9 Å². The fraction of sp³-hybridized carbons (Fsp3) is 0.667. The van der Waals surface area contributed by atoms with Gasteiger partial charge >= 0.3 is 6.09 Å². The lowest BCUT2D eigenvalue weighted by atomic mass is 9.92. The number of nitrogens with two attached hydrogens (primary N) is 1. The summed E-state index contributed by atoms with van der Waals surface area (Å²) < 4.78 is 5.45. The Bertz CT molecular complexity index is 630. The monoisotopic (exact) mass is 351 g/mol. The van der Waals surface area contributed by atoms with Gasteiger partial charge in [-0.15, -0.1) is 0 Å². The zero-order valence-electron chi connectivity index (χ0n) is 14.6. The van der Waals surface area contributed by atoms with E-state index >= 15 is 0 Å². The van der Waals surface area contributed by atoms with Crippen LogP contribution < -0.4 is 5.73 Å². The van der Waals surface area contributed by atoms with Crippen LogP contribution in [0, 0.1) is 0 Å². The highest BCUT2D eigenvalue weighted by atomic mass is 35.5. The van der Waals surface area contributed by atoms with E-state index in [0.29, 0.717) is 29.7 Å². The van der Waals surface area contributed by atoms with Crippen molar-refractivity contribution in [2.45, 2.75) is 63.9 Å². The number of nitrogen functional groups attached to an aromatic ring is 1. The molecule has 3 rings (SSSR count). The molecular formula is C18H26ClN3O2. The second-order valence-corrected chi connectivity index (χ2v) is 8.25. The number of rotatable bonds is 2. The molecule has 2 fully saturated rings. The molecule has 1 saturated heterocycles. The quantitative estimate of drug-likeness (QED) is 0.862. The van der Waals surface area contributed by atoms with E-state index in [1.807, 2.05) is 26.8 Å². The lowest BCUT2D eigenvalue weighted by Crippen LogP contribution is -2.41. The summed E-state index contributed by atoms with van der Waals surface area (Å²) in [6.45, 7) is 6.99. The third-order valence-corrected chi connectivity index (χ3v) is 4.86. The molecule has 2 N–H and O–H groups in total. The average molecular weight is 352 g/mol. The van der Waals surface area contributed by atoms with Crippen molar-refractivity contribution in [1.29, 1.82) is 0 Å². The lowest BCUT2D eigenvalue weighted by molar-refractivity contribution is 0.0204. The standard InChI is InChI=1S/C18H26ClN3O2/c1-18(2,3)24-17(23)22-8-6-12(7-9-22)16-14(20)10-13(19)15(21-16)11-4-5-11/h10-12H,4-9,20H2,1-3H3. The van der Waals surface area contributed by atoms with Gasteiger partial charge in [0.25, 0.3) is 0 Å². The zero-order valence-corrected chi connectivity index (χ0v) is 15.4. The third kappa shape index (κ3) is 3.94. The van der Waals surface area contributed by atoms with Gasteiger partial charge < -0.3 is 15.4 Å². The molecule has 2 aliphatic rings. The summed E-state index contributed by atoms with van der Waals surface area (Å²) in [6.07, 6.45) is 3.78. The number of hydrogen-bond acceptors (Lipinski definition) is 4. The summed E-state index contributed by atoms with van der Waals surface area (Å²) in [5, 5.41) is 0.685. The van der Waals surface area contributed by atoms with Gasteiger partial charge in [0.05, 0.1) is 22.1 Å². The molecule has 0 aromatic carbocycles. The number of nitrogens with zero attached hydrogens (tertiary/aromatic N) is 2. The van der Waals surface area contributed by atoms with Gasteiger partial charge in [0.1, 0.15) is 5.60 Å². The van der Waals surface area contributed by atoms with Crippen LogP contribution in [0.5, 0.6) is 0 Å². The third-order valence-electron chi connectivity index (χ3n) is 4.56. The van der Waals surface area contributed by atoms with Gasteiger partial charge in [0.2, 0.25) is 0 Å². The van der Waals surface area contributed by atoms with Gasteiger partial charge in [-0.25, -0.2) is 4.79 Å². The van der Waals surface area contributed by atoms with Gasteiger partial charge in [-0.1, -0.05) is 11.6 Å². The first-order chi connectivity index (χ1) is 11.2. The molecule has 1 aliphatic carbocycles. The van der Waals surface area contributed by atoms with Crippen LogP contribution in [0.4, 0.5) is 10.5 Å². The van der Waals surface area contributed by atoms with Crippen LogP contribution >= 0.6 is 11.6 Å². The van der Waals surface area contributed by atoms with Crippen molar-refractivity contribution in [1.82, 2.24) is 9.88 Å². The Kier molecular flexibility index (Phi) is 4.65. The molecule has 0 unspecified atom stereocenters. The second-order valence-electron chi connectivity index (χ2n) is 7.85. The normalized spacial score (nSPS) is 19.4. The predicted molar refractivity (Wildman–Crippen MR) is 95.4 cm³/mol. The zero-order chi connectivity index (χ0) is 17.5. The summed E-state index contributed by atoms with van der Waals surface area (Å²) >= 11 is 6.29. The first-order valence-corrected chi connectivity index (χ1v) is 9.06. The summed E-state index contributed by atoms with van der Waals surface area (Å²) in [4.78, 5) is 18.7. The van der Waals surface area contributed by atoms with Crippen LogP contribution in [0.1, 0.15) is 69.7 Å². The van der Waals surface area contributed by atoms with E-state index in [2.05, 4.69) is 0 Å². The molecule has 1 saturated carbocycles. The van der Waals surface area contributed by atoms with Gasteiger partial charge in [-0.3, -0.25) is 4.98 Å². The Morgan fingerprint density at radius 2 is 1.79 bits per heavy atom. The van der Waals surface area contributed by atoms with Crippen LogP contribution in [0.2, 0.25) is 5.02 Å². The van der Waals surface area contributed by atoms with Crippen LogP contribution in [0.3, 0.4) is 0 Å². The fourth-order valence-electron chi connectivity index (χ4n) is 3.16. The molecule has 1 aliphatic heterocycles. The Labute approximate surface area is 148 Å². The smallest absolute Gasteiger partial charge is 0.410 e. The number of hydrogen-bond donors (Lipinski definition) is 1. The molecule has 5 nitrogen and oxygen atoms in total. The van der Waals surface area contributed by atoms with E-state index in [-0.39, 0.29) is 12.0 Å². The maximum Gasteiger partial charge on any atom is 0.410 e. The number of amides is 1. The molecule has 6 heteroatoms. The van der Waals surface area contributed by atoms with E-state index in [1.54, 1.807) is 4.90 Å². The Hall–Kier alpha value is -1.49. The topological polar surface area (TPSA) is 68.5 Å². The van der Waals surface area contributed by atoms with E-state index < -0.39 is 5.60 Å². The number of piperidine rings is 1. The maximum absolute atomic E-state index is 12.2. The van der Waals surface area contributed by atoms with Gasteiger partial charge in [-0.05, 0) is 52.5 Å². The highest BCUT2D eigenvalue weighted by Crippen LogP contribution is 2.44. The summed E-state index contributed by atoms with van der Waals surface area (Å²) in [5.74, 6) is 0.775. The van der Waals surface area contributed by atoms with Gasteiger partial charge in [-0.2, -0.15) is 0 Å². The highest BCUT2D eigenvalue weighted by molar-refractivity contribution is 6.31. The van der Waals surface area contributed by atoms with Crippen molar-refractivity contribution in [2.24, 2.45) is 0 Å². The van der Waals surface area contributed by atoms with Crippen LogP contribution in [0.15, 0.2) is 6.07 Å². The van der Waals surface area contributed by atoms with Crippen LogP contribution in [0.25, 0.3) is 0 Å². The Morgan fingerprint density at radius 3 is 2.33 bits per heavy atom. The summed E-state index contributed by atoms with van der Waals surface area (Å²) in [6, 6.07) is 1.85. The molecule has 24 heavy (non-hydrogen) atoms. The number of pyridine rings is 1. The minimum absolute atomic E-state index is 0.239. The SMILES string of the molecule is CC(C)(C)OC(=O)N1CCC(c2nc(C3CC3)c(Cl)cc2N)CC1. The number of carbonyl (C=O) groups is 1. The number of carbonyl (C=O) groups excluding carboxylic acids is 1. The number of anilines is 1. The van der Waals surface area contributed by atoms with Crippen molar-refractivity contribution in [2.75, 3.05) is 18.8 Å².